The molecule has 1 fully saturated rings. The second kappa shape index (κ2) is 14.2. The van der Waals surface area contributed by atoms with Gasteiger partial charge in [0.2, 0.25) is 0 Å². The number of amidine groups is 1. The number of aromatic nitrogens is 4. The first-order valence-corrected chi connectivity index (χ1v) is 15.8. The van der Waals surface area contributed by atoms with Gasteiger partial charge < -0.3 is 30.0 Å². The Labute approximate surface area is 277 Å². The molecule has 0 saturated carbocycles. The number of amides is 3. The normalized spacial score (nSPS) is 13.2. The lowest BCUT2D eigenvalue weighted by Crippen LogP contribution is -2.37. The zero-order valence-electron chi connectivity index (χ0n) is 26.8. The van der Waals surface area contributed by atoms with E-state index in [2.05, 4.69) is 31.2 Å². The van der Waals surface area contributed by atoms with Crippen LogP contribution < -0.4 is 16.0 Å². The number of nitrogens with zero attached hydrogens (tertiary/aromatic N) is 5. The van der Waals surface area contributed by atoms with E-state index in [0.717, 1.165) is 37.1 Å². The third kappa shape index (κ3) is 7.52. The molecule has 0 unspecified atom stereocenters. The maximum absolute atomic E-state index is 13.1. The number of hydrogen-bond acceptors (Lipinski definition) is 7. The fourth-order valence-corrected chi connectivity index (χ4v) is 5.66. The predicted octanol–water partition coefficient (Wildman–Crippen LogP) is 5.16. The summed E-state index contributed by atoms with van der Waals surface area (Å²) in [5, 5.41) is 24.5. The van der Waals surface area contributed by atoms with Gasteiger partial charge in [-0.3, -0.25) is 19.8 Å². The maximum Gasteiger partial charge on any atom is 0.272 e. The van der Waals surface area contributed by atoms with Crippen LogP contribution in [0.4, 0.5) is 11.4 Å². The number of carbonyl (C=O) groups is 3. The van der Waals surface area contributed by atoms with Crippen molar-refractivity contribution in [2.75, 3.05) is 30.3 Å². The number of nitrogens with one attached hydrogen (secondary N) is 4. The zero-order chi connectivity index (χ0) is 33.6. The Morgan fingerprint density at radius 1 is 0.771 bits per heavy atom. The minimum Gasteiger partial charge on any atom is -0.361 e. The first kappa shape index (κ1) is 32.0. The third-order valence-corrected chi connectivity index (χ3v) is 8.29. The van der Waals surface area contributed by atoms with Crippen molar-refractivity contribution in [2.24, 2.45) is 14.1 Å². The summed E-state index contributed by atoms with van der Waals surface area (Å²) in [6.07, 6.45) is 11.1. The molecule has 1 saturated heterocycles. The number of anilines is 2. The molecule has 6 rings (SSSR count). The van der Waals surface area contributed by atoms with Crippen LogP contribution in [0.1, 0.15) is 68.1 Å². The smallest absolute Gasteiger partial charge is 0.272 e. The van der Waals surface area contributed by atoms with Crippen molar-refractivity contribution in [3.8, 4) is 0 Å². The number of likely N-dealkylation sites (tertiary alicyclic amines) is 1. The monoisotopic (exact) mass is 647 g/mol. The van der Waals surface area contributed by atoms with Crippen LogP contribution in [0.3, 0.4) is 0 Å². The number of benzene rings is 2. The highest BCUT2D eigenvalue weighted by Crippen LogP contribution is 2.19. The van der Waals surface area contributed by atoms with E-state index < -0.39 is 0 Å². The molecular weight excluding hydrogens is 610 g/mol. The van der Waals surface area contributed by atoms with Crippen molar-refractivity contribution in [1.29, 1.82) is 5.41 Å². The van der Waals surface area contributed by atoms with Gasteiger partial charge in [0.25, 0.3) is 17.7 Å². The van der Waals surface area contributed by atoms with E-state index in [9.17, 15) is 14.4 Å². The molecule has 0 atom stereocenters. The molecule has 246 valence electrons. The summed E-state index contributed by atoms with van der Waals surface area (Å²) in [4.78, 5) is 41.0. The van der Waals surface area contributed by atoms with Gasteiger partial charge in [0, 0.05) is 58.1 Å². The molecule has 3 amide bonds. The Kier molecular flexibility index (Phi) is 9.46. The molecule has 4 heterocycles. The van der Waals surface area contributed by atoms with Gasteiger partial charge in [-0.1, -0.05) is 30.4 Å². The summed E-state index contributed by atoms with van der Waals surface area (Å²) in [6, 6.07) is 16.0. The molecule has 13 heteroatoms. The van der Waals surface area contributed by atoms with Gasteiger partial charge in [-0.15, -0.1) is 0 Å². The van der Waals surface area contributed by atoms with Crippen molar-refractivity contribution in [3.63, 3.8) is 0 Å². The van der Waals surface area contributed by atoms with Gasteiger partial charge >= 0.3 is 0 Å². The molecule has 0 bridgehead atoms. The van der Waals surface area contributed by atoms with Crippen molar-refractivity contribution in [3.05, 3.63) is 95.1 Å². The Balaban J connectivity index is 1.01. The highest BCUT2D eigenvalue weighted by molar-refractivity contribution is 6.07. The van der Waals surface area contributed by atoms with E-state index in [0.29, 0.717) is 58.2 Å². The molecule has 0 aliphatic carbocycles. The van der Waals surface area contributed by atoms with Crippen LogP contribution in [0.2, 0.25) is 0 Å². The van der Waals surface area contributed by atoms with E-state index in [-0.39, 0.29) is 17.7 Å². The molecule has 48 heavy (non-hydrogen) atoms. The number of piperidine rings is 1. The lowest BCUT2D eigenvalue weighted by atomic mass is 10.1. The van der Waals surface area contributed by atoms with E-state index in [1.165, 1.54) is 6.42 Å². The van der Waals surface area contributed by atoms with Crippen LogP contribution in [0, 0.1) is 5.41 Å². The Morgan fingerprint density at radius 2 is 1.38 bits per heavy atom. The molecule has 0 radical (unpaired) electrons. The predicted molar refractivity (Wildman–Crippen MR) is 184 cm³/mol. The van der Waals surface area contributed by atoms with Gasteiger partial charge in [0.15, 0.2) is 0 Å². The first-order chi connectivity index (χ1) is 23.2. The number of fused-ring (bicyclic) bond motifs is 1. The second-order valence-corrected chi connectivity index (χ2v) is 11.8. The summed E-state index contributed by atoms with van der Waals surface area (Å²) >= 11 is 0. The number of carbonyl (C=O) groups excluding carboxylic acids is 3. The third-order valence-electron chi connectivity index (χ3n) is 8.29. The van der Waals surface area contributed by atoms with Crippen LogP contribution in [0.5, 0.6) is 0 Å². The molecular formula is C35H37N9O4. The van der Waals surface area contributed by atoms with Gasteiger partial charge in [-0.2, -0.15) is 0 Å². The number of rotatable bonds is 10. The van der Waals surface area contributed by atoms with Crippen LogP contribution >= 0.6 is 0 Å². The van der Waals surface area contributed by atoms with E-state index in [1.54, 1.807) is 59.9 Å². The largest absolute Gasteiger partial charge is 0.361 e. The molecule has 3 aromatic heterocycles. The summed E-state index contributed by atoms with van der Waals surface area (Å²) in [5.41, 5.74) is 5.35. The lowest BCUT2D eigenvalue weighted by Gasteiger charge is -2.29. The summed E-state index contributed by atoms with van der Waals surface area (Å²) < 4.78 is 8.01. The molecule has 4 N–H and O–H groups in total. The van der Waals surface area contributed by atoms with Gasteiger partial charge in [0.05, 0.1) is 17.2 Å². The minimum absolute atomic E-state index is 0.278. The van der Waals surface area contributed by atoms with E-state index in [1.807, 2.05) is 42.5 Å². The highest BCUT2D eigenvalue weighted by Gasteiger charge is 2.18. The van der Waals surface area contributed by atoms with Crippen molar-refractivity contribution >= 4 is 58.1 Å². The van der Waals surface area contributed by atoms with Gasteiger partial charge in [0.1, 0.15) is 22.4 Å². The Bertz CT molecular complexity index is 2000. The fraction of sp³-hybridized carbons (Fsp3) is 0.257. The average molecular weight is 648 g/mol. The Hall–Kier alpha value is -5.98. The van der Waals surface area contributed by atoms with Gasteiger partial charge in [-0.25, -0.2) is 4.63 Å². The van der Waals surface area contributed by atoms with Crippen LogP contribution in [0.25, 0.3) is 23.2 Å². The average Bonchev–Trinajstić information content (AvgIpc) is 3.81. The second-order valence-electron chi connectivity index (χ2n) is 11.8. The molecule has 5 aromatic rings. The van der Waals surface area contributed by atoms with Crippen molar-refractivity contribution in [1.82, 2.24) is 29.7 Å². The standard InChI is InChI=1S/C35H37N9O4/c1-42-22-27(19-30(42)34(46)37-15-14-32(36)44-16-4-3-5-17-44)39-35(47)31-20-26(21-43(31)2)38-33(45)25-11-8-23(9-12-25)6-7-24-10-13-28-29(18-24)41-48-40-28/h6-13,18-22,36H,3-5,14-17H2,1-2H3,(H,37,46)(H,38,45)(H,39,47). The molecule has 13 nitrogen and oxygen atoms in total. The van der Waals surface area contributed by atoms with E-state index in [4.69, 9.17) is 10.0 Å². The first-order valence-electron chi connectivity index (χ1n) is 15.8. The van der Waals surface area contributed by atoms with Gasteiger partial charge in [-0.05, 0) is 77.1 Å². The van der Waals surface area contributed by atoms with Crippen molar-refractivity contribution in [2.45, 2.75) is 25.7 Å². The number of aryl methyl sites for hydroxylation is 2. The van der Waals surface area contributed by atoms with Crippen molar-refractivity contribution < 1.29 is 19.0 Å². The maximum atomic E-state index is 13.1. The Morgan fingerprint density at radius 3 is 2.08 bits per heavy atom. The molecule has 0 spiro atoms. The molecule has 1 aliphatic heterocycles. The SMILES string of the molecule is Cn1cc(NC(=O)c2cc(NC(=O)c3ccc(C=Cc4ccc5nonc5c4)cc3)cn2C)cc1C(=O)NCCC(=N)N1CCCCC1. The summed E-state index contributed by atoms with van der Waals surface area (Å²) in [6.45, 7) is 2.16. The topological polar surface area (TPSA) is 163 Å². The quantitative estimate of drug-likeness (QED) is 0.0925. The summed E-state index contributed by atoms with van der Waals surface area (Å²) in [5.74, 6) is -0.427. The fourth-order valence-electron chi connectivity index (χ4n) is 5.66. The minimum atomic E-state index is -0.388. The highest BCUT2D eigenvalue weighted by atomic mass is 16.6. The summed E-state index contributed by atoms with van der Waals surface area (Å²) in [7, 11) is 3.45. The molecule has 1 aliphatic rings. The number of hydrogen-bond donors (Lipinski definition) is 4. The molecule has 2 aromatic carbocycles. The lowest BCUT2D eigenvalue weighted by molar-refractivity contribution is 0.0944. The van der Waals surface area contributed by atoms with Crippen LogP contribution in [0.15, 0.2) is 71.6 Å². The van der Waals surface area contributed by atoms with Crippen LogP contribution in [-0.4, -0.2) is 67.5 Å². The zero-order valence-corrected chi connectivity index (χ0v) is 26.8. The van der Waals surface area contributed by atoms with Crippen LogP contribution in [-0.2, 0) is 14.1 Å². The van der Waals surface area contributed by atoms with E-state index >= 15 is 0 Å².